The van der Waals surface area contributed by atoms with Crippen LogP contribution in [-0.4, -0.2) is 45.9 Å². The van der Waals surface area contributed by atoms with Crippen LogP contribution in [-0.2, 0) is 18.1 Å². The molecule has 0 spiro atoms. The summed E-state index contributed by atoms with van der Waals surface area (Å²) < 4.78 is 26.4. The van der Waals surface area contributed by atoms with E-state index in [0.29, 0.717) is 19.8 Å². The predicted molar refractivity (Wildman–Crippen MR) is 55.4 cm³/mol. The maximum Gasteiger partial charge on any atom is 0.474 e. The van der Waals surface area contributed by atoms with Gasteiger partial charge in [0.15, 0.2) is 0 Å². The van der Waals surface area contributed by atoms with Gasteiger partial charge in [0.05, 0.1) is 13.2 Å². The molecule has 0 N–H and O–H groups in total. The first-order chi connectivity index (χ1) is 6.54. The highest BCUT2D eigenvalue weighted by atomic mass is 31.2. The Balaban J connectivity index is 3.81. The van der Waals surface area contributed by atoms with Crippen LogP contribution in [0.5, 0.6) is 0 Å². The van der Waals surface area contributed by atoms with Crippen molar-refractivity contribution < 1.29 is 18.1 Å². The minimum absolute atomic E-state index is 0.335. The highest BCUT2D eigenvalue weighted by molar-refractivity contribution is 7.48. The van der Waals surface area contributed by atoms with Gasteiger partial charge in [0.2, 0.25) is 0 Å². The number of rotatable bonds is 8. The maximum atomic E-state index is 11.6. The van der Waals surface area contributed by atoms with Crippen molar-refractivity contribution in [2.45, 2.75) is 13.3 Å². The fraction of sp³-hybridized carbons (Fsp3) is 1.00. The number of phosphoric acid groups is 1. The first-order valence-electron chi connectivity index (χ1n) is 4.63. The fourth-order valence-electron chi connectivity index (χ4n) is 0.681. The molecule has 0 radical (unpaired) electrons. The summed E-state index contributed by atoms with van der Waals surface area (Å²) in [5, 5.41) is 0. The molecule has 0 saturated carbocycles. The van der Waals surface area contributed by atoms with E-state index in [1.165, 1.54) is 7.11 Å². The Morgan fingerprint density at radius 2 is 1.79 bits per heavy atom. The van der Waals surface area contributed by atoms with E-state index in [1.54, 1.807) is 0 Å². The molecule has 0 aliphatic carbocycles. The lowest BCUT2D eigenvalue weighted by molar-refractivity contribution is 0.124. The standard InChI is InChI=1S/C8H20NO4P/c1-5-7-12-14(10,11-4)13-8-6-9(2)3/h5-8H2,1-4H3. The monoisotopic (exact) mass is 225 g/mol. The molecule has 14 heavy (non-hydrogen) atoms. The van der Waals surface area contributed by atoms with Gasteiger partial charge < -0.3 is 4.90 Å². The van der Waals surface area contributed by atoms with E-state index in [1.807, 2.05) is 25.9 Å². The number of hydrogen-bond acceptors (Lipinski definition) is 5. The summed E-state index contributed by atoms with van der Waals surface area (Å²) in [6.45, 7) is 3.33. The average molecular weight is 225 g/mol. The largest absolute Gasteiger partial charge is 0.474 e. The van der Waals surface area contributed by atoms with Crippen LogP contribution in [0.1, 0.15) is 13.3 Å². The zero-order chi connectivity index (χ0) is 11.0. The summed E-state index contributed by atoms with van der Waals surface area (Å²) in [6.07, 6.45) is 0.782. The van der Waals surface area contributed by atoms with Gasteiger partial charge in [-0.2, -0.15) is 0 Å². The van der Waals surface area contributed by atoms with Crippen molar-refractivity contribution in [3.8, 4) is 0 Å². The molecule has 0 aliphatic rings. The quantitative estimate of drug-likeness (QED) is 0.589. The van der Waals surface area contributed by atoms with Crippen molar-refractivity contribution in [3.63, 3.8) is 0 Å². The van der Waals surface area contributed by atoms with E-state index >= 15 is 0 Å². The molecule has 0 rings (SSSR count). The van der Waals surface area contributed by atoms with Crippen LogP contribution >= 0.6 is 7.82 Å². The Hall–Kier alpha value is 0.0700. The van der Waals surface area contributed by atoms with Gasteiger partial charge in [0.25, 0.3) is 0 Å². The lowest BCUT2D eigenvalue weighted by Crippen LogP contribution is -2.17. The van der Waals surface area contributed by atoms with E-state index in [2.05, 4.69) is 0 Å². The minimum atomic E-state index is -3.30. The van der Waals surface area contributed by atoms with E-state index < -0.39 is 7.82 Å². The Bertz CT molecular complexity index is 186. The highest BCUT2D eigenvalue weighted by Crippen LogP contribution is 2.48. The molecule has 0 aliphatic heterocycles. The van der Waals surface area contributed by atoms with E-state index in [9.17, 15) is 4.57 Å². The number of hydrogen-bond donors (Lipinski definition) is 0. The van der Waals surface area contributed by atoms with Gasteiger partial charge >= 0.3 is 7.82 Å². The summed E-state index contributed by atoms with van der Waals surface area (Å²) in [6, 6.07) is 0. The molecule has 1 atom stereocenters. The molecule has 5 nitrogen and oxygen atoms in total. The van der Waals surface area contributed by atoms with Gasteiger partial charge in [-0.3, -0.25) is 13.6 Å². The first-order valence-corrected chi connectivity index (χ1v) is 6.09. The van der Waals surface area contributed by atoms with Crippen LogP contribution in [0.15, 0.2) is 0 Å². The molecule has 0 aromatic carbocycles. The molecule has 0 heterocycles. The third kappa shape index (κ3) is 6.51. The lowest BCUT2D eigenvalue weighted by atomic mass is 10.5. The molecule has 1 unspecified atom stereocenters. The van der Waals surface area contributed by atoms with Crippen molar-refractivity contribution in [2.75, 3.05) is 41.0 Å². The summed E-state index contributed by atoms with van der Waals surface area (Å²) in [5.41, 5.74) is 0. The van der Waals surface area contributed by atoms with E-state index in [0.717, 1.165) is 6.42 Å². The molecule has 0 aromatic heterocycles. The third-order valence-corrected chi connectivity index (χ3v) is 2.91. The molecular formula is C8H20NO4P. The second-order valence-electron chi connectivity index (χ2n) is 3.10. The number of phosphoric ester groups is 1. The molecule has 0 amide bonds. The number of likely N-dealkylation sites (N-methyl/N-ethyl adjacent to an activating group) is 1. The molecule has 86 valence electrons. The van der Waals surface area contributed by atoms with Crippen molar-refractivity contribution >= 4 is 7.82 Å². The molecule has 0 bridgehead atoms. The summed E-state index contributed by atoms with van der Waals surface area (Å²) in [5.74, 6) is 0. The smallest absolute Gasteiger partial charge is 0.307 e. The Labute approximate surface area is 85.9 Å². The Morgan fingerprint density at radius 3 is 2.21 bits per heavy atom. The van der Waals surface area contributed by atoms with Gasteiger partial charge in [-0.25, -0.2) is 4.57 Å². The molecule has 6 heteroatoms. The van der Waals surface area contributed by atoms with Crippen LogP contribution in [0.25, 0.3) is 0 Å². The summed E-state index contributed by atoms with van der Waals surface area (Å²) in [4.78, 5) is 1.93. The van der Waals surface area contributed by atoms with Crippen LogP contribution in [0, 0.1) is 0 Å². The van der Waals surface area contributed by atoms with Gasteiger partial charge in [0, 0.05) is 13.7 Å². The average Bonchev–Trinajstić information content (AvgIpc) is 2.14. The summed E-state index contributed by atoms with van der Waals surface area (Å²) >= 11 is 0. The van der Waals surface area contributed by atoms with Crippen molar-refractivity contribution in [1.29, 1.82) is 0 Å². The van der Waals surface area contributed by atoms with Crippen LogP contribution in [0.4, 0.5) is 0 Å². The zero-order valence-corrected chi connectivity index (χ0v) is 10.3. The summed E-state index contributed by atoms with van der Waals surface area (Å²) in [7, 11) is 1.85. The SMILES string of the molecule is CCCOP(=O)(OC)OCCN(C)C. The second kappa shape index (κ2) is 7.37. The topological polar surface area (TPSA) is 48.0 Å². The van der Waals surface area contributed by atoms with Crippen molar-refractivity contribution in [2.24, 2.45) is 0 Å². The van der Waals surface area contributed by atoms with E-state index in [4.69, 9.17) is 13.6 Å². The third-order valence-electron chi connectivity index (χ3n) is 1.47. The van der Waals surface area contributed by atoms with Gasteiger partial charge in [-0.05, 0) is 20.5 Å². The maximum absolute atomic E-state index is 11.6. The predicted octanol–water partition coefficient (Wildman–Crippen LogP) is 1.75. The molecule has 0 aromatic rings. The highest BCUT2D eigenvalue weighted by Gasteiger charge is 2.23. The molecule has 0 fully saturated rings. The van der Waals surface area contributed by atoms with Crippen molar-refractivity contribution in [1.82, 2.24) is 4.90 Å². The fourth-order valence-corrected chi connectivity index (χ4v) is 1.68. The van der Waals surface area contributed by atoms with Crippen LogP contribution in [0.3, 0.4) is 0 Å². The Kier molecular flexibility index (Phi) is 7.41. The second-order valence-corrected chi connectivity index (χ2v) is 4.88. The normalized spacial score (nSPS) is 15.8. The van der Waals surface area contributed by atoms with E-state index in [-0.39, 0.29) is 0 Å². The zero-order valence-electron chi connectivity index (χ0n) is 9.36. The minimum Gasteiger partial charge on any atom is -0.307 e. The van der Waals surface area contributed by atoms with Gasteiger partial charge in [-0.1, -0.05) is 6.92 Å². The van der Waals surface area contributed by atoms with Gasteiger partial charge in [0.1, 0.15) is 0 Å². The number of nitrogens with zero attached hydrogens (tertiary/aromatic N) is 1. The van der Waals surface area contributed by atoms with Crippen LogP contribution < -0.4 is 0 Å². The molecule has 0 saturated heterocycles. The lowest BCUT2D eigenvalue weighted by Gasteiger charge is -2.16. The van der Waals surface area contributed by atoms with Gasteiger partial charge in [-0.15, -0.1) is 0 Å². The van der Waals surface area contributed by atoms with Crippen LogP contribution in [0.2, 0.25) is 0 Å². The molecular weight excluding hydrogens is 205 g/mol. The van der Waals surface area contributed by atoms with Crippen molar-refractivity contribution in [3.05, 3.63) is 0 Å². The Morgan fingerprint density at radius 1 is 1.21 bits per heavy atom. The first kappa shape index (κ1) is 14.1.